The largest absolute Gasteiger partial charge is 0.411 e. The minimum Gasteiger partial charge on any atom is -0.411 e. The van der Waals surface area contributed by atoms with Crippen LogP contribution in [0.1, 0.15) is 18.1 Å². The lowest BCUT2D eigenvalue weighted by Gasteiger charge is -2.10. The van der Waals surface area contributed by atoms with E-state index in [-0.39, 0.29) is 11.2 Å². The third-order valence-electron chi connectivity index (χ3n) is 3.67. The lowest BCUT2D eigenvalue weighted by atomic mass is 10.1. The molecule has 5 nitrogen and oxygen atoms in total. The van der Waals surface area contributed by atoms with Gasteiger partial charge < -0.3 is 9.73 Å². The number of hydrogen-bond acceptors (Lipinski definition) is 5. The van der Waals surface area contributed by atoms with E-state index in [1.165, 1.54) is 17.3 Å². The van der Waals surface area contributed by atoms with Crippen molar-refractivity contribution in [1.82, 2.24) is 10.2 Å². The first-order valence-electron chi connectivity index (χ1n) is 7.96. The lowest BCUT2D eigenvalue weighted by Crippen LogP contribution is -2.22. The minimum atomic E-state index is -0.354. The van der Waals surface area contributed by atoms with Crippen LogP contribution in [0.4, 0.5) is 5.69 Å². The summed E-state index contributed by atoms with van der Waals surface area (Å²) in [5, 5.41) is 11.0. The highest BCUT2D eigenvalue weighted by molar-refractivity contribution is 8.00. The molecule has 1 heterocycles. The van der Waals surface area contributed by atoms with Gasteiger partial charge in [-0.05, 0) is 45.0 Å². The number of hydrogen-bond donors (Lipinski definition) is 1. The number of carbonyl (C=O) groups excluding carboxylic acids is 1. The third kappa shape index (κ3) is 4.48. The standard InChI is InChI=1S/C19H19N3O2S/c1-12-4-8-15(9-5-12)18-21-22-19(24-18)25-14(3)17(23)20-16-10-6-13(2)7-11-16/h4-11,14H,1-3H3,(H,20,23)/t14-/m0/s1. The maximum absolute atomic E-state index is 12.3. The van der Waals surface area contributed by atoms with Crippen molar-refractivity contribution in [2.75, 3.05) is 5.32 Å². The molecule has 1 atom stereocenters. The van der Waals surface area contributed by atoms with Crippen molar-refractivity contribution in [3.8, 4) is 11.5 Å². The number of aryl methyl sites for hydroxylation is 2. The van der Waals surface area contributed by atoms with Crippen LogP contribution >= 0.6 is 11.8 Å². The Bertz CT molecular complexity index is 857. The Balaban J connectivity index is 1.62. The van der Waals surface area contributed by atoms with E-state index in [1.54, 1.807) is 0 Å². The number of carbonyl (C=O) groups is 1. The van der Waals surface area contributed by atoms with Crippen LogP contribution in [0.15, 0.2) is 58.2 Å². The third-order valence-corrected chi connectivity index (χ3v) is 4.61. The lowest BCUT2D eigenvalue weighted by molar-refractivity contribution is -0.115. The normalized spacial score (nSPS) is 12.0. The molecule has 1 amide bonds. The van der Waals surface area contributed by atoms with Gasteiger partial charge in [-0.15, -0.1) is 10.2 Å². The van der Waals surface area contributed by atoms with Crippen LogP contribution in [0.5, 0.6) is 0 Å². The Kier molecular flexibility index (Phi) is 5.19. The van der Waals surface area contributed by atoms with Crippen molar-refractivity contribution >= 4 is 23.4 Å². The van der Waals surface area contributed by atoms with E-state index in [1.807, 2.05) is 69.3 Å². The molecule has 3 rings (SSSR count). The van der Waals surface area contributed by atoms with Crippen molar-refractivity contribution in [2.24, 2.45) is 0 Å². The molecule has 0 bridgehead atoms. The number of rotatable bonds is 5. The smallest absolute Gasteiger partial charge is 0.277 e. The fraction of sp³-hybridized carbons (Fsp3) is 0.211. The van der Waals surface area contributed by atoms with Gasteiger partial charge in [-0.3, -0.25) is 4.79 Å². The zero-order valence-electron chi connectivity index (χ0n) is 14.3. The van der Waals surface area contributed by atoms with Crippen molar-refractivity contribution in [1.29, 1.82) is 0 Å². The summed E-state index contributed by atoms with van der Waals surface area (Å²) in [4.78, 5) is 12.3. The molecule has 25 heavy (non-hydrogen) atoms. The predicted molar refractivity (Wildman–Crippen MR) is 99.6 cm³/mol. The molecule has 3 aromatic rings. The molecule has 1 N–H and O–H groups in total. The second-order valence-corrected chi connectivity index (χ2v) is 7.15. The molecular weight excluding hydrogens is 334 g/mol. The van der Waals surface area contributed by atoms with Gasteiger partial charge in [0.1, 0.15) is 0 Å². The molecule has 0 saturated carbocycles. The van der Waals surface area contributed by atoms with Gasteiger partial charge in [0.25, 0.3) is 5.22 Å². The number of amides is 1. The zero-order chi connectivity index (χ0) is 17.8. The second kappa shape index (κ2) is 7.53. The molecule has 0 aliphatic heterocycles. The van der Waals surface area contributed by atoms with Crippen LogP contribution < -0.4 is 5.32 Å². The molecule has 0 aliphatic carbocycles. The summed E-state index contributed by atoms with van der Waals surface area (Å²) in [6, 6.07) is 15.5. The number of thioether (sulfide) groups is 1. The topological polar surface area (TPSA) is 68.0 Å². The van der Waals surface area contributed by atoms with Crippen molar-refractivity contribution < 1.29 is 9.21 Å². The van der Waals surface area contributed by atoms with E-state index < -0.39 is 0 Å². The summed E-state index contributed by atoms with van der Waals surface area (Å²) in [5.41, 5.74) is 3.95. The van der Waals surface area contributed by atoms with Crippen LogP contribution in [0.2, 0.25) is 0 Å². The van der Waals surface area contributed by atoms with Crippen molar-refractivity contribution in [3.63, 3.8) is 0 Å². The zero-order valence-corrected chi connectivity index (χ0v) is 15.1. The van der Waals surface area contributed by atoms with E-state index in [0.29, 0.717) is 11.1 Å². The minimum absolute atomic E-state index is 0.107. The summed E-state index contributed by atoms with van der Waals surface area (Å²) < 4.78 is 5.66. The molecular formula is C19H19N3O2S. The maximum Gasteiger partial charge on any atom is 0.277 e. The van der Waals surface area contributed by atoms with Crippen LogP contribution in [0, 0.1) is 13.8 Å². The number of nitrogens with zero attached hydrogens (tertiary/aromatic N) is 2. The Morgan fingerprint density at radius 1 is 1.00 bits per heavy atom. The second-order valence-electron chi connectivity index (χ2n) is 5.85. The molecule has 0 radical (unpaired) electrons. The Morgan fingerprint density at radius 3 is 2.24 bits per heavy atom. The average Bonchev–Trinajstić information content (AvgIpc) is 3.06. The summed E-state index contributed by atoms with van der Waals surface area (Å²) in [5.74, 6) is 0.345. The Labute approximate surface area is 150 Å². The highest BCUT2D eigenvalue weighted by Crippen LogP contribution is 2.27. The monoisotopic (exact) mass is 353 g/mol. The molecule has 0 unspecified atom stereocenters. The van der Waals surface area contributed by atoms with Gasteiger partial charge in [0.2, 0.25) is 11.8 Å². The van der Waals surface area contributed by atoms with Crippen LogP contribution in [0.25, 0.3) is 11.5 Å². The fourth-order valence-corrected chi connectivity index (χ4v) is 2.84. The van der Waals surface area contributed by atoms with Crippen molar-refractivity contribution in [3.05, 3.63) is 59.7 Å². The molecule has 0 spiro atoms. The highest BCUT2D eigenvalue weighted by atomic mass is 32.2. The van der Waals surface area contributed by atoms with E-state index >= 15 is 0 Å². The summed E-state index contributed by atoms with van der Waals surface area (Å²) >= 11 is 1.24. The van der Waals surface area contributed by atoms with Gasteiger partial charge in [-0.1, -0.05) is 47.2 Å². The first kappa shape index (κ1) is 17.2. The molecule has 0 saturated heterocycles. The number of anilines is 1. The Hall–Kier alpha value is -2.60. The summed E-state index contributed by atoms with van der Waals surface area (Å²) in [6.45, 7) is 5.84. The Morgan fingerprint density at radius 2 is 1.60 bits per heavy atom. The van der Waals surface area contributed by atoms with Gasteiger partial charge in [0.05, 0.1) is 5.25 Å². The molecule has 0 fully saturated rings. The molecule has 2 aromatic carbocycles. The van der Waals surface area contributed by atoms with E-state index in [0.717, 1.165) is 16.8 Å². The SMILES string of the molecule is Cc1ccc(NC(=O)[C@H](C)Sc2nnc(-c3ccc(C)cc3)o2)cc1. The number of aromatic nitrogens is 2. The fourth-order valence-electron chi connectivity index (χ4n) is 2.16. The first-order chi connectivity index (χ1) is 12.0. The molecule has 1 aromatic heterocycles. The first-order valence-corrected chi connectivity index (χ1v) is 8.84. The number of benzene rings is 2. The van der Waals surface area contributed by atoms with Crippen LogP contribution in [-0.2, 0) is 4.79 Å². The predicted octanol–water partition coefficient (Wildman–Crippen LogP) is 4.47. The quantitative estimate of drug-likeness (QED) is 0.685. The summed E-state index contributed by atoms with van der Waals surface area (Å²) in [7, 11) is 0. The molecule has 128 valence electrons. The van der Waals surface area contributed by atoms with Gasteiger partial charge >= 0.3 is 0 Å². The average molecular weight is 353 g/mol. The van der Waals surface area contributed by atoms with Crippen LogP contribution in [-0.4, -0.2) is 21.4 Å². The molecule has 6 heteroatoms. The van der Waals surface area contributed by atoms with Crippen molar-refractivity contribution in [2.45, 2.75) is 31.2 Å². The summed E-state index contributed by atoms with van der Waals surface area (Å²) in [6.07, 6.45) is 0. The van der Waals surface area contributed by atoms with Gasteiger partial charge in [-0.2, -0.15) is 0 Å². The number of nitrogens with one attached hydrogen (secondary N) is 1. The van der Waals surface area contributed by atoms with E-state index in [9.17, 15) is 4.79 Å². The highest BCUT2D eigenvalue weighted by Gasteiger charge is 2.19. The van der Waals surface area contributed by atoms with Crippen LogP contribution in [0.3, 0.4) is 0 Å². The van der Waals surface area contributed by atoms with E-state index in [4.69, 9.17) is 4.42 Å². The maximum atomic E-state index is 12.3. The van der Waals surface area contributed by atoms with E-state index in [2.05, 4.69) is 15.5 Å². The van der Waals surface area contributed by atoms with Gasteiger partial charge in [0, 0.05) is 11.3 Å². The van der Waals surface area contributed by atoms with Gasteiger partial charge in [0.15, 0.2) is 0 Å². The van der Waals surface area contributed by atoms with Gasteiger partial charge in [-0.25, -0.2) is 0 Å². The molecule has 0 aliphatic rings.